The Bertz CT molecular complexity index is 1180. The van der Waals surface area contributed by atoms with Gasteiger partial charge in [-0.1, -0.05) is 70.5 Å². The van der Waals surface area contributed by atoms with Gasteiger partial charge < -0.3 is 4.90 Å². The van der Waals surface area contributed by atoms with Crippen LogP contribution < -0.4 is 0 Å². The van der Waals surface area contributed by atoms with Crippen molar-refractivity contribution in [3.8, 4) is 0 Å². The first-order valence-corrected chi connectivity index (χ1v) is 12.0. The van der Waals surface area contributed by atoms with Gasteiger partial charge in [0.2, 0.25) is 0 Å². The van der Waals surface area contributed by atoms with Crippen LogP contribution in [0.3, 0.4) is 0 Å². The number of halogens is 4. The van der Waals surface area contributed by atoms with Gasteiger partial charge in [-0.05, 0) is 18.2 Å². The predicted molar refractivity (Wildman–Crippen MR) is 125 cm³/mol. The van der Waals surface area contributed by atoms with E-state index < -0.39 is 15.6 Å². The van der Waals surface area contributed by atoms with E-state index in [1.54, 1.807) is 0 Å². The van der Waals surface area contributed by atoms with Crippen LogP contribution in [-0.2, 0) is 10.1 Å². The molecule has 2 aromatic carbocycles. The lowest BCUT2D eigenvalue weighted by molar-refractivity contribution is -0.0510. The number of alkyl halides is 3. The highest BCUT2D eigenvalue weighted by atomic mass is 79.9. The highest BCUT2D eigenvalue weighted by Gasteiger charge is 2.44. The predicted octanol–water partition coefficient (Wildman–Crippen LogP) is 5.44. The Balaban J connectivity index is 0.000000440. The molecule has 182 valence electrons. The maximum absolute atomic E-state index is 12.6. The lowest BCUT2D eigenvalue weighted by Crippen LogP contribution is -2.34. The van der Waals surface area contributed by atoms with Crippen molar-refractivity contribution in [2.45, 2.75) is 24.4 Å². The molecule has 1 unspecified atom stereocenters. The first-order valence-electron chi connectivity index (χ1n) is 9.80. The second-order valence-corrected chi connectivity index (χ2v) is 9.57. The van der Waals surface area contributed by atoms with Crippen molar-refractivity contribution in [2.75, 3.05) is 7.05 Å². The van der Waals surface area contributed by atoms with E-state index in [0.29, 0.717) is 24.0 Å². The zero-order chi connectivity index (χ0) is 25.5. The number of hydrogen-bond acceptors (Lipinski definition) is 5. The van der Waals surface area contributed by atoms with E-state index in [-0.39, 0.29) is 17.6 Å². The molecule has 0 aromatic heterocycles. The van der Waals surface area contributed by atoms with Gasteiger partial charge in [-0.15, -0.1) is 0 Å². The maximum atomic E-state index is 12.6. The SMILES string of the molecule is CN1C(CC(=O)c2ccccc2)=CC=CC1CC(=O)c1ccc(Br)cc1.O=S(=O)(O)C(F)(F)F. The third-order valence-electron chi connectivity index (χ3n) is 4.86. The third-order valence-corrected chi connectivity index (χ3v) is 5.98. The van der Waals surface area contributed by atoms with Gasteiger partial charge in [-0.2, -0.15) is 21.6 Å². The summed E-state index contributed by atoms with van der Waals surface area (Å²) in [6, 6.07) is 16.6. The van der Waals surface area contributed by atoms with E-state index in [1.807, 2.05) is 84.8 Å². The normalized spacial score (nSPS) is 15.8. The third kappa shape index (κ3) is 7.93. The first-order chi connectivity index (χ1) is 15.8. The highest BCUT2D eigenvalue weighted by molar-refractivity contribution is 9.10. The Hall–Kier alpha value is -2.76. The van der Waals surface area contributed by atoms with Crippen LogP contribution in [0.4, 0.5) is 13.2 Å². The van der Waals surface area contributed by atoms with Gasteiger partial charge in [0, 0.05) is 34.8 Å². The zero-order valence-corrected chi connectivity index (χ0v) is 20.3. The van der Waals surface area contributed by atoms with Crippen molar-refractivity contribution < 1.29 is 35.7 Å². The molecule has 0 bridgehead atoms. The lowest BCUT2D eigenvalue weighted by Gasteiger charge is -2.32. The van der Waals surface area contributed by atoms with E-state index in [9.17, 15) is 22.8 Å². The summed E-state index contributed by atoms with van der Waals surface area (Å²) in [6.45, 7) is 0. The standard InChI is InChI=1S/C22H20BrNO2.CHF3O3S/c1-24-19(14-21(25)16-6-3-2-4-7-16)8-5-9-20(24)15-22(26)17-10-12-18(23)13-11-17;2-1(3,4)8(5,6)7/h2-13,20H,14-15H2,1H3;(H,5,6,7). The molecule has 0 spiro atoms. The van der Waals surface area contributed by atoms with Crippen molar-refractivity contribution in [2.24, 2.45) is 0 Å². The number of carbonyl (C=O) groups is 2. The highest BCUT2D eigenvalue weighted by Crippen LogP contribution is 2.23. The van der Waals surface area contributed by atoms with Crippen LogP contribution in [0.1, 0.15) is 33.6 Å². The van der Waals surface area contributed by atoms with E-state index in [0.717, 1.165) is 10.2 Å². The summed E-state index contributed by atoms with van der Waals surface area (Å²) in [5.41, 5.74) is -3.20. The van der Waals surface area contributed by atoms with E-state index in [4.69, 9.17) is 13.0 Å². The van der Waals surface area contributed by atoms with Crippen molar-refractivity contribution in [1.82, 2.24) is 4.90 Å². The fourth-order valence-electron chi connectivity index (χ4n) is 2.98. The van der Waals surface area contributed by atoms with Crippen LogP contribution in [0.25, 0.3) is 0 Å². The van der Waals surface area contributed by atoms with E-state index in [2.05, 4.69) is 15.9 Å². The van der Waals surface area contributed by atoms with Crippen LogP contribution in [-0.4, -0.2) is 48.0 Å². The first kappa shape index (κ1) is 27.5. The number of hydrogen-bond donors (Lipinski definition) is 1. The molecule has 1 aliphatic heterocycles. The van der Waals surface area contributed by atoms with Gasteiger partial charge >= 0.3 is 15.6 Å². The molecule has 6 nitrogen and oxygen atoms in total. The number of rotatable bonds is 6. The Morgan fingerprint density at radius 1 is 1.00 bits per heavy atom. The topological polar surface area (TPSA) is 91.8 Å². The minimum absolute atomic E-state index is 0.0466. The molecule has 0 fully saturated rings. The van der Waals surface area contributed by atoms with Gasteiger partial charge in [0.1, 0.15) is 0 Å². The van der Waals surface area contributed by atoms with Gasteiger partial charge in [-0.3, -0.25) is 14.1 Å². The molecule has 0 radical (unpaired) electrons. The zero-order valence-electron chi connectivity index (χ0n) is 17.9. The van der Waals surface area contributed by atoms with Crippen molar-refractivity contribution >= 4 is 37.6 Å². The molecular formula is C23H21BrF3NO5S. The maximum Gasteiger partial charge on any atom is 0.522 e. The summed E-state index contributed by atoms with van der Waals surface area (Å²) < 4.78 is 58.5. The Labute approximate surface area is 203 Å². The fraction of sp³-hybridized carbons (Fsp3) is 0.217. The average Bonchev–Trinajstić information content (AvgIpc) is 2.76. The quantitative estimate of drug-likeness (QED) is 0.288. The monoisotopic (exact) mass is 559 g/mol. The van der Waals surface area contributed by atoms with Crippen LogP contribution in [0.15, 0.2) is 83.0 Å². The molecule has 0 amide bonds. The smallest absolute Gasteiger partial charge is 0.371 e. The molecular weight excluding hydrogens is 539 g/mol. The Morgan fingerprint density at radius 3 is 2.06 bits per heavy atom. The Kier molecular flexibility index (Phi) is 9.37. The molecule has 1 atom stereocenters. The summed E-state index contributed by atoms with van der Waals surface area (Å²) >= 11 is 3.38. The molecule has 0 saturated carbocycles. The van der Waals surface area contributed by atoms with E-state index in [1.165, 1.54) is 0 Å². The fourth-order valence-corrected chi connectivity index (χ4v) is 3.24. The summed E-state index contributed by atoms with van der Waals surface area (Å²) in [5.74, 6) is 0.173. The van der Waals surface area contributed by atoms with Gasteiger partial charge in [-0.25, -0.2) is 0 Å². The van der Waals surface area contributed by atoms with Crippen LogP contribution in [0, 0.1) is 0 Å². The Morgan fingerprint density at radius 2 is 1.53 bits per heavy atom. The number of Topliss-reactive ketones (excluding diaryl/α,β-unsaturated/α-hetero) is 2. The average molecular weight is 560 g/mol. The number of nitrogens with zero attached hydrogens (tertiary/aromatic N) is 1. The summed E-state index contributed by atoms with van der Waals surface area (Å²) in [7, 11) is -3.90. The van der Waals surface area contributed by atoms with Gasteiger partial charge in [0.25, 0.3) is 0 Å². The molecule has 0 aliphatic carbocycles. The summed E-state index contributed by atoms with van der Waals surface area (Å²) in [5, 5.41) is 0. The van der Waals surface area contributed by atoms with Crippen LogP contribution in [0.5, 0.6) is 0 Å². The summed E-state index contributed by atoms with van der Waals surface area (Å²) in [6.07, 6.45) is 6.60. The second-order valence-electron chi connectivity index (χ2n) is 7.24. The molecule has 2 aromatic rings. The van der Waals surface area contributed by atoms with Gasteiger partial charge in [0.15, 0.2) is 11.6 Å². The van der Waals surface area contributed by atoms with Crippen molar-refractivity contribution in [3.05, 3.63) is 94.1 Å². The van der Waals surface area contributed by atoms with Crippen molar-refractivity contribution in [1.29, 1.82) is 0 Å². The number of carbonyl (C=O) groups excluding carboxylic acids is 2. The van der Waals surface area contributed by atoms with Gasteiger partial charge in [0.05, 0.1) is 12.5 Å². The molecule has 1 N–H and O–H groups in total. The molecule has 0 saturated heterocycles. The number of benzene rings is 2. The van der Waals surface area contributed by atoms with Crippen molar-refractivity contribution in [3.63, 3.8) is 0 Å². The molecule has 1 heterocycles. The second kappa shape index (κ2) is 11.6. The molecule has 11 heteroatoms. The lowest BCUT2D eigenvalue weighted by atomic mass is 9.98. The number of likely N-dealkylation sites (N-methyl/N-ethyl adjacent to an activating group) is 1. The minimum atomic E-state index is -5.84. The molecule has 1 aliphatic rings. The largest absolute Gasteiger partial charge is 0.522 e. The number of ketones is 2. The van der Waals surface area contributed by atoms with Crippen LogP contribution in [0.2, 0.25) is 0 Å². The number of allylic oxidation sites excluding steroid dienone is 3. The molecule has 34 heavy (non-hydrogen) atoms. The minimum Gasteiger partial charge on any atom is -0.371 e. The molecule has 3 rings (SSSR count). The van der Waals surface area contributed by atoms with Crippen LogP contribution >= 0.6 is 15.9 Å². The summed E-state index contributed by atoms with van der Waals surface area (Å²) in [4.78, 5) is 27.1. The van der Waals surface area contributed by atoms with E-state index >= 15 is 0 Å².